The predicted octanol–water partition coefficient (Wildman–Crippen LogP) is 2.77. The van der Waals surface area contributed by atoms with Gasteiger partial charge in [0, 0.05) is 6.54 Å². The Morgan fingerprint density at radius 3 is 3.00 bits per heavy atom. The molecule has 0 amide bonds. The average Bonchev–Trinajstić information content (AvgIpc) is 2.62. The van der Waals surface area contributed by atoms with Crippen LogP contribution in [0.1, 0.15) is 19.1 Å². The van der Waals surface area contributed by atoms with Gasteiger partial charge in [0.15, 0.2) is 5.22 Å². The molecule has 2 nitrogen and oxygen atoms in total. The van der Waals surface area contributed by atoms with E-state index in [1.807, 2.05) is 6.07 Å². The van der Waals surface area contributed by atoms with Gasteiger partial charge in [0.1, 0.15) is 5.76 Å². The van der Waals surface area contributed by atoms with Crippen LogP contribution in [-0.2, 0) is 6.54 Å². The van der Waals surface area contributed by atoms with E-state index in [4.69, 9.17) is 16.0 Å². The first-order valence-corrected chi connectivity index (χ1v) is 5.08. The van der Waals surface area contributed by atoms with Crippen LogP contribution in [-0.4, -0.2) is 18.0 Å². The Morgan fingerprint density at radius 2 is 2.46 bits per heavy atom. The topological polar surface area (TPSA) is 16.4 Å². The standard InChI is InChI=1S/C10H14ClNO/c1-8-4-5-12(6-8)7-9-2-3-10(11)13-9/h2-3,8H,4-7H2,1H3/t8-/m0/s1. The van der Waals surface area contributed by atoms with Crippen LogP contribution in [0.2, 0.25) is 5.22 Å². The lowest BCUT2D eigenvalue weighted by molar-refractivity contribution is 0.289. The van der Waals surface area contributed by atoms with Crippen LogP contribution in [0, 0.1) is 5.92 Å². The summed E-state index contributed by atoms with van der Waals surface area (Å²) in [4.78, 5) is 2.40. The quantitative estimate of drug-likeness (QED) is 0.729. The van der Waals surface area contributed by atoms with Gasteiger partial charge in [-0.15, -0.1) is 0 Å². The van der Waals surface area contributed by atoms with Crippen molar-refractivity contribution in [3.05, 3.63) is 23.1 Å². The summed E-state index contributed by atoms with van der Waals surface area (Å²) in [5.41, 5.74) is 0. The van der Waals surface area contributed by atoms with Gasteiger partial charge in [-0.05, 0) is 42.6 Å². The SMILES string of the molecule is C[C@H]1CCN(Cc2ccc(Cl)o2)C1. The van der Waals surface area contributed by atoms with Crippen molar-refractivity contribution in [1.82, 2.24) is 4.90 Å². The van der Waals surface area contributed by atoms with Crippen LogP contribution >= 0.6 is 11.6 Å². The summed E-state index contributed by atoms with van der Waals surface area (Å²) >= 11 is 5.69. The van der Waals surface area contributed by atoms with Gasteiger partial charge in [-0.1, -0.05) is 6.92 Å². The van der Waals surface area contributed by atoms with Crippen molar-refractivity contribution in [1.29, 1.82) is 0 Å². The second kappa shape index (κ2) is 3.72. The highest BCUT2D eigenvalue weighted by Gasteiger charge is 2.19. The van der Waals surface area contributed by atoms with Crippen molar-refractivity contribution in [3.63, 3.8) is 0 Å². The summed E-state index contributed by atoms with van der Waals surface area (Å²) in [5, 5.41) is 0.488. The fourth-order valence-electron chi connectivity index (χ4n) is 1.83. The van der Waals surface area contributed by atoms with Gasteiger partial charge in [-0.2, -0.15) is 0 Å². The second-order valence-corrected chi connectivity index (χ2v) is 4.21. The lowest BCUT2D eigenvalue weighted by Gasteiger charge is -2.12. The highest BCUT2D eigenvalue weighted by atomic mass is 35.5. The number of hydrogen-bond acceptors (Lipinski definition) is 2. The van der Waals surface area contributed by atoms with Gasteiger partial charge in [-0.3, -0.25) is 4.90 Å². The predicted molar refractivity (Wildman–Crippen MR) is 52.8 cm³/mol. The zero-order valence-electron chi connectivity index (χ0n) is 7.79. The van der Waals surface area contributed by atoms with E-state index >= 15 is 0 Å². The largest absolute Gasteiger partial charge is 0.448 e. The molecule has 1 atom stereocenters. The molecule has 1 aromatic rings. The van der Waals surface area contributed by atoms with Crippen LogP contribution in [0.25, 0.3) is 0 Å². The summed E-state index contributed by atoms with van der Waals surface area (Å²) in [5.74, 6) is 1.80. The van der Waals surface area contributed by atoms with Crippen molar-refractivity contribution in [3.8, 4) is 0 Å². The lowest BCUT2D eigenvalue weighted by atomic mass is 10.2. The fourth-order valence-corrected chi connectivity index (χ4v) is 1.99. The first-order chi connectivity index (χ1) is 6.24. The zero-order chi connectivity index (χ0) is 9.26. The average molecular weight is 200 g/mol. The molecule has 1 aliphatic rings. The van der Waals surface area contributed by atoms with Crippen molar-refractivity contribution in [2.24, 2.45) is 5.92 Å². The minimum Gasteiger partial charge on any atom is -0.448 e. The Kier molecular flexibility index (Phi) is 2.61. The van der Waals surface area contributed by atoms with E-state index < -0.39 is 0 Å². The maximum atomic E-state index is 5.69. The Morgan fingerprint density at radius 1 is 1.62 bits per heavy atom. The molecule has 1 aliphatic heterocycles. The molecule has 0 saturated carbocycles. The second-order valence-electron chi connectivity index (χ2n) is 3.83. The van der Waals surface area contributed by atoms with Gasteiger partial charge < -0.3 is 4.42 Å². The van der Waals surface area contributed by atoms with Gasteiger partial charge in [0.25, 0.3) is 0 Å². The van der Waals surface area contributed by atoms with Crippen LogP contribution in [0.15, 0.2) is 16.5 Å². The normalized spacial score (nSPS) is 24.0. The molecule has 0 aliphatic carbocycles. The molecular weight excluding hydrogens is 186 g/mol. The number of nitrogens with zero attached hydrogens (tertiary/aromatic N) is 1. The molecular formula is C10H14ClNO. The van der Waals surface area contributed by atoms with Crippen molar-refractivity contribution < 1.29 is 4.42 Å². The van der Waals surface area contributed by atoms with Gasteiger partial charge in [0.05, 0.1) is 6.54 Å². The number of hydrogen-bond donors (Lipinski definition) is 0. The third kappa shape index (κ3) is 2.26. The Hall–Kier alpha value is -0.470. The van der Waals surface area contributed by atoms with Crippen LogP contribution in [0.3, 0.4) is 0 Å². The molecule has 0 unspecified atom stereocenters. The van der Waals surface area contributed by atoms with Crippen LogP contribution in [0.5, 0.6) is 0 Å². The Bertz CT molecular complexity index is 284. The highest BCUT2D eigenvalue weighted by molar-refractivity contribution is 6.28. The number of rotatable bonds is 2. The first-order valence-electron chi connectivity index (χ1n) is 4.70. The minimum atomic E-state index is 0.488. The van der Waals surface area contributed by atoms with E-state index in [-0.39, 0.29) is 0 Å². The molecule has 13 heavy (non-hydrogen) atoms. The molecule has 3 heteroatoms. The molecule has 2 heterocycles. The Balaban J connectivity index is 1.91. The summed E-state index contributed by atoms with van der Waals surface area (Å²) in [6.45, 7) is 5.55. The van der Waals surface area contributed by atoms with Gasteiger partial charge >= 0.3 is 0 Å². The summed E-state index contributed by atoms with van der Waals surface area (Å²) in [6, 6.07) is 3.75. The van der Waals surface area contributed by atoms with E-state index in [2.05, 4.69) is 11.8 Å². The highest BCUT2D eigenvalue weighted by Crippen LogP contribution is 2.20. The molecule has 2 rings (SSSR count). The van der Waals surface area contributed by atoms with Crippen molar-refractivity contribution in [2.75, 3.05) is 13.1 Å². The summed E-state index contributed by atoms with van der Waals surface area (Å²) < 4.78 is 5.30. The van der Waals surface area contributed by atoms with E-state index in [0.717, 1.165) is 18.2 Å². The fraction of sp³-hybridized carbons (Fsp3) is 0.600. The monoisotopic (exact) mass is 199 g/mol. The van der Waals surface area contributed by atoms with Crippen molar-refractivity contribution >= 4 is 11.6 Å². The third-order valence-electron chi connectivity index (χ3n) is 2.52. The minimum absolute atomic E-state index is 0.488. The summed E-state index contributed by atoms with van der Waals surface area (Å²) in [6.07, 6.45) is 1.30. The number of likely N-dealkylation sites (tertiary alicyclic amines) is 1. The van der Waals surface area contributed by atoms with Crippen LogP contribution in [0.4, 0.5) is 0 Å². The molecule has 0 aromatic carbocycles. The van der Waals surface area contributed by atoms with E-state index in [0.29, 0.717) is 5.22 Å². The first kappa shape index (κ1) is 9.10. The van der Waals surface area contributed by atoms with Crippen molar-refractivity contribution in [2.45, 2.75) is 19.9 Å². The number of halogens is 1. The maximum absolute atomic E-state index is 5.69. The van der Waals surface area contributed by atoms with Gasteiger partial charge in [0.2, 0.25) is 0 Å². The molecule has 0 bridgehead atoms. The molecule has 1 aromatic heterocycles. The molecule has 0 N–H and O–H groups in total. The molecule has 0 spiro atoms. The maximum Gasteiger partial charge on any atom is 0.193 e. The molecule has 0 radical (unpaired) electrons. The lowest BCUT2D eigenvalue weighted by Crippen LogP contribution is -2.19. The number of furan rings is 1. The van der Waals surface area contributed by atoms with E-state index in [1.165, 1.54) is 19.5 Å². The van der Waals surface area contributed by atoms with Gasteiger partial charge in [-0.25, -0.2) is 0 Å². The molecule has 72 valence electrons. The zero-order valence-corrected chi connectivity index (χ0v) is 8.55. The third-order valence-corrected chi connectivity index (χ3v) is 2.72. The van der Waals surface area contributed by atoms with E-state index in [9.17, 15) is 0 Å². The summed E-state index contributed by atoms with van der Waals surface area (Å²) in [7, 11) is 0. The molecule has 1 saturated heterocycles. The Labute approximate surface area is 83.5 Å². The smallest absolute Gasteiger partial charge is 0.193 e. The molecule has 1 fully saturated rings. The van der Waals surface area contributed by atoms with Crippen LogP contribution < -0.4 is 0 Å². The van der Waals surface area contributed by atoms with E-state index in [1.54, 1.807) is 6.07 Å².